The van der Waals surface area contributed by atoms with Gasteiger partial charge in [-0.2, -0.15) is 0 Å². The second-order valence-electron chi connectivity index (χ2n) is 10.3. The van der Waals surface area contributed by atoms with Crippen molar-refractivity contribution in [1.82, 2.24) is 0 Å². The van der Waals surface area contributed by atoms with Crippen molar-refractivity contribution in [2.24, 2.45) is 0 Å². The third-order valence-corrected chi connectivity index (χ3v) is 7.40. The molecule has 0 amide bonds. The van der Waals surface area contributed by atoms with Crippen molar-refractivity contribution in [3.63, 3.8) is 0 Å². The number of ether oxygens (including phenoxy) is 5. The lowest BCUT2D eigenvalue weighted by Crippen LogP contribution is -2.61. The minimum atomic E-state index is -1.78. The topological polar surface area (TPSA) is 238 Å². The molecule has 0 aliphatic carbocycles. The van der Waals surface area contributed by atoms with Crippen molar-refractivity contribution < 1.29 is 69.0 Å². The van der Waals surface area contributed by atoms with Gasteiger partial charge in [0.25, 0.3) is 0 Å². The third kappa shape index (κ3) is 5.99. The standard InChI is InChI=1S/C28H32O15/c1-10-21(32)23(34)25(36)27(40-10)39-9-19-22(33)24(35)26(37)28(43-19)41-12-6-14(30)20-15(31)8-17(42-18(20)7-12)11-3-4-16(38-2)13(29)5-11/h3-8,10,19,21-30,32-37H,9H2,1-2H3/t10-,19+,21+,22+,23-,24-,25-,26-,27+,28+/m0/s1. The molecular formula is C28H32O15. The molecule has 15 nitrogen and oxygen atoms in total. The van der Waals surface area contributed by atoms with Crippen LogP contribution >= 0.6 is 0 Å². The normalized spacial score (nSPS) is 32.9. The number of aliphatic hydroxyl groups is 6. The van der Waals surface area contributed by atoms with Crippen LogP contribution < -0.4 is 14.9 Å². The summed E-state index contributed by atoms with van der Waals surface area (Å²) in [6, 6.07) is 7.78. The van der Waals surface area contributed by atoms with E-state index >= 15 is 0 Å². The Morgan fingerprint density at radius 1 is 0.791 bits per heavy atom. The first-order valence-electron chi connectivity index (χ1n) is 13.3. The maximum atomic E-state index is 12.8. The van der Waals surface area contributed by atoms with E-state index < -0.39 is 79.2 Å². The van der Waals surface area contributed by atoms with Crippen molar-refractivity contribution in [3.05, 3.63) is 46.6 Å². The van der Waals surface area contributed by atoms with Crippen LogP contribution in [0.3, 0.4) is 0 Å². The van der Waals surface area contributed by atoms with Gasteiger partial charge in [-0.05, 0) is 25.1 Å². The van der Waals surface area contributed by atoms with E-state index in [4.69, 9.17) is 28.1 Å². The SMILES string of the molecule is COc1ccc(-c2cc(=O)c3c(O)cc(O[C@@H]4O[C@H](CO[C@@H]5O[C@@H](C)[C@@H](O)[C@H](O)[C@@H]5O)[C@@H](O)[C@H](O)[C@@H]4O)cc3o2)cc1O. The lowest BCUT2D eigenvalue weighted by atomic mass is 9.98. The van der Waals surface area contributed by atoms with E-state index in [1.165, 1.54) is 32.2 Å². The Balaban J connectivity index is 1.36. The minimum absolute atomic E-state index is 0.0517. The van der Waals surface area contributed by atoms with Crippen molar-refractivity contribution >= 4 is 11.0 Å². The van der Waals surface area contributed by atoms with Gasteiger partial charge in [0.05, 0.1) is 19.8 Å². The smallest absolute Gasteiger partial charge is 0.229 e. The van der Waals surface area contributed by atoms with Gasteiger partial charge >= 0.3 is 0 Å². The Bertz CT molecular complexity index is 1510. The summed E-state index contributed by atoms with van der Waals surface area (Å²) in [5.41, 5.74) is -0.381. The maximum absolute atomic E-state index is 12.8. The highest BCUT2D eigenvalue weighted by molar-refractivity contribution is 5.86. The molecule has 10 atom stereocenters. The van der Waals surface area contributed by atoms with Crippen molar-refractivity contribution in [3.8, 4) is 34.3 Å². The molecule has 15 heteroatoms. The summed E-state index contributed by atoms with van der Waals surface area (Å²) in [5, 5.41) is 82.0. The molecule has 2 fully saturated rings. The number of phenolic OH excluding ortho intramolecular Hbond substituents is 2. The van der Waals surface area contributed by atoms with E-state index in [9.17, 15) is 45.6 Å². The van der Waals surface area contributed by atoms with Crippen LogP contribution in [0.15, 0.2) is 45.6 Å². The molecule has 2 aromatic carbocycles. The second-order valence-corrected chi connectivity index (χ2v) is 10.3. The molecule has 8 N–H and O–H groups in total. The number of benzene rings is 2. The number of fused-ring (bicyclic) bond motifs is 1. The summed E-state index contributed by atoms with van der Waals surface area (Å²) in [5.74, 6) is -0.605. The van der Waals surface area contributed by atoms with E-state index in [0.717, 1.165) is 12.1 Å². The molecule has 43 heavy (non-hydrogen) atoms. The number of aliphatic hydroxyl groups excluding tert-OH is 6. The number of rotatable bonds is 7. The molecule has 234 valence electrons. The minimum Gasteiger partial charge on any atom is -0.507 e. The number of phenols is 2. The fraction of sp³-hybridized carbons (Fsp3) is 0.464. The zero-order chi connectivity index (χ0) is 31.2. The van der Waals surface area contributed by atoms with Crippen LogP contribution in [0.2, 0.25) is 0 Å². The summed E-state index contributed by atoms with van der Waals surface area (Å²) in [6.07, 6.45) is -15.0. The summed E-state index contributed by atoms with van der Waals surface area (Å²) < 4.78 is 32.9. The zero-order valence-corrected chi connectivity index (χ0v) is 22.9. The van der Waals surface area contributed by atoms with Crippen LogP contribution in [0, 0.1) is 0 Å². The van der Waals surface area contributed by atoms with E-state index in [-0.39, 0.29) is 34.0 Å². The van der Waals surface area contributed by atoms with Crippen LogP contribution in [0.1, 0.15) is 6.92 Å². The summed E-state index contributed by atoms with van der Waals surface area (Å²) in [7, 11) is 1.38. The molecule has 0 unspecified atom stereocenters. The molecule has 0 saturated carbocycles. The molecule has 0 spiro atoms. The Kier molecular flexibility index (Phi) is 8.80. The maximum Gasteiger partial charge on any atom is 0.229 e. The molecule has 0 radical (unpaired) electrons. The molecule has 3 aromatic rings. The van der Waals surface area contributed by atoms with Crippen LogP contribution in [0.25, 0.3) is 22.3 Å². The molecule has 3 heterocycles. The second kappa shape index (κ2) is 12.2. The van der Waals surface area contributed by atoms with E-state index in [1.54, 1.807) is 6.07 Å². The zero-order valence-electron chi connectivity index (χ0n) is 22.9. The fourth-order valence-corrected chi connectivity index (χ4v) is 4.92. The van der Waals surface area contributed by atoms with Gasteiger partial charge in [0, 0.05) is 23.8 Å². The molecule has 1 aromatic heterocycles. The van der Waals surface area contributed by atoms with Gasteiger partial charge in [-0.25, -0.2) is 0 Å². The average molecular weight is 609 g/mol. The third-order valence-electron chi connectivity index (χ3n) is 7.40. The Hall–Kier alpha value is -3.51. The van der Waals surface area contributed by atoms with Gasteiger partial charge in [-0.15, -0.1) is 0 Å². The first kappa shape index (κ1) is 30.9. The van der Waals surface area contributed by atoms with Crippen LogP contribution in [-0.2, 0) is 14.2 Å². The predicted molar refractivity (Wildman–Crippen MR) is 143 cm³/mol. The summed E-state index contributed by atoms with van der Waals surface area (Å²) in [6.45, 7) is 0.953. The van der Waals surface area contributed by atoms with Gasteiger partial charge in [-0.3, -0.25) is 4.79 Å². The van der Waals surface area contributed by atoms with Gasteiger partial charge in [0.15, 0.2) is 23.2 Å². The Labute approximate surface area is 243 Å². The summed E-state index contributed by atoms with van der Waals surface area (Å²) >= 11 is 0. The highest BCUT2D eigenvalue weighted by atomic mass is 16.7. The average Bonchev–Trinajstić information content (AvgIpc) is 2.97. The van der Waals surface area contributed by atoms with E-state index in [1.807, 2.05) is 0 Å². The number of hydrogen-bond donors (Lipinski definition) is 8. The highest BCUT2D eigenvalue weighted by Gasteiger charge is 2.47. The monoisotopic (exact) mass is 608 g/mol. The number of aromatic hydroxyl groups is 2. The first-order chi connectivity index (χ1) is 20.4. The first-order valence-corrected chi connectivity index (χ1v) is 13.3. The van der Waals surface area contributed by atoms with Crippen molar-refractivity contribution in [1.29, 1.82) is 0 Å². The molecular weight excluding hydrogens is 576 g/mol. The van der Waals surface area contributed by atoms with Gasteiger partial charge in [-0.1, -0.05) is 0 Å². The Morgan fingerprint density at radius 2 is 1.49 bits per heavy atom. The lowest BCUT2D eigenvalue weighted by Gasteiger charge is -2.42. The molecule has 2 aliphatic rings. The molecule has 5 rings (SSSR count). The van der Waals surface area contributed by atoms with Gasteiger partial charge in [0.1, 0.15) is 71.0 Å². The largest absolute Gasteiger partial charge is 0.507 e. The summed E-state index contributed by atoms with van der Waals surface area (Å²) in [4.78, 5) is 12.8. The van der Waals surface area contributed by atoms with Crippen LogP contribution in [0.5, 0.6) is 23.0 Å². The van der Waals surface area contributed by atoms with Gasteiger partial charge < -0.3 is 69.0 Å². The quantitative estimate of drug-likeness (QED) is 0.159. The lowest BCUT2D eigenvalue weighted by molar-refractivity contribution is -0.318. The number of hydrogen-bond acceptors (Lipinski definition) is 15. The van der Waals surface area contributed by atoms with E-state index in [2.05, 4.69) is 0 Å². The molecule has 2 saturated heterocycles. The van der Waals surface area contributed by atoms with E-state index in [0.29, 0.717) is 5.56 Å². The van der Waals surface area contributed by atoms with Crippen LogP contribution in [-0.4, -0.2) is 116 Å². The molecule has 2 aliphatic heterocycles. The Morgan fingerprint density at radius 3 is 2.19 bits per heavy atom. The number of methoxy groups -OCH3 is 1. The van der Waals surface area contributed by atoms with Gasteiger partial charge in [0.2, 0.25) is 6.29 Å². The molecule has 0 bridgehead atoms. The van der Waals surface area contributed by atoms with Crippen LogP contribution in [0.4, 0.5) is 0 Å². The highest BCUT2D eigenvalue weighted by Crippen LogP contribution is 2.35. The fourth-order valence-electron chi connectivity index (χ4n) is 4.92. The van der Waals surface area contributed by atoms with Crippen molar-refractivity contribution in [2.45, 2.75) is 68.3 Å². The van der Waals surface area contributed by atoms with Crippen molar-refractivity contribution in [2.75, 3.05) is 13.7 Å². The predicted octanol–water partition coefficient (Wildman–Crippen LogP) is -1.09.